The summed E-state index contributed by atoms with van der Waals surface area (Å²) in [6.07, 6.45) is 2.15. The fourth-order valence-corrected chi connectivity index (χ4v) is 3.08. The minimum atomic E-state index is -0.734. The monoisotopic (exact) mass is 295 g/mol. The highest BCUT2D eigenvalue weighted by Gasteiger charge is 2.43. The normalized spacial score (nSPS) is 22.4. The third-order valence-corrected chi connectivity index (χ3v) is 4.27. The molecule has 0 saturated carbocycles. The van der Waals surface area contributed by atoms with Crippen molar-refractivity contribution in [2.45, 2.75) is 32.7 Å². The van der Waals surface area contributed by atoms with E-state index in [0.717, 1.165) is 6.42 Å². The molecule has 4 nitrogen and oxygen atoms in total. The van der Waals surface area contributed by atoms with Crippen molar-refractivity contribution in [2.24, 2.45) is 5.41 Å². The number of rotatable bonds is 6. The van der Waals surface area contributed by atoms with Gasteiger partial charge < -0.3 is 9.84 Å². The fraction of sp³-hybridized carbons (Fsp3) is 0.562. The molecule has 21 heavy (non-hydrogen) atoms. The summed E-state index contributed by atoms with van der Waals surface area (Å²) in [6.45, 7) is 3.62. The van der Waals surface area contributed by atoms with Crippen LogP contribution in [-0.4, -0.2) is 36.2 Å². The van der Waals surface area contributed by atoms with Gasteiger partial charge in [-0.05, 0) is 25.5 Å². The fourth-order valence-electron chi connectivity index (χ4n) is 3.08. The van der Waals surface area contributed by atoms with Crippen LogP contribution in [0.5, 0.6) is 5.75 Å². The van der Waals surface area contributed by atoms with E-state index in [1.54, 1.807) is 12.1 Å². The summed E-state index contributed by atoms with van der Waals surface area (Å²) in [5, 5.41) is 9.48. The van der Waals surface area contributed by atoms with Gasteiger partial charge in [-0.2, -0.15) is 0 Å². The minimum absolute atomic E-state index is 0.308. The molecule has 0 aliphatic carbocycles. The molecule has 1 N–H and O–H groups in total. The maximum atomic E-state index is 14.0. The predicted octanol–water partition coefficient (Wildman–Crippen LogP) is 2.91. The van der Waals surface area contributed by atoms with Crippen LogP contribution < -0.4 is 4.74 Å². The van der Waals surface area contributed by atoms with Gasteiger partial charge in [-0.1, -0.05) is 19.4 Å². The summed E-state index contributed by atoms with van der Waals surface area (Å²) < 4.78 is 19.0. The smallest absolute Gasteiger partial charge is 0.310 e. The average Bonchev–Trinajstić information content (AvgIpc) is 2.86. The van der Waals surface area contributed by atoms with Crippen LogP contribution in [0.2, 0.25) is 0 Å². The lowest BCUT2D eigenvalue weighted by molar-refractivity contribution is -0.148. The molecule has 2 rings (SSSR count). The Kier molecular flexibility index (Phi) is 4.83. The van der Waals surface area contributed by atoms with Crippen molar-refractivity contribution >= 4 is 5.97 Å². The standard InChI is InChI=1S/C16H22FNO3/c1-3-6-16(15(19)20)7-8-18(11-16)10-12-4-5-13(21-2)9-14(12)17/h4-5,9H,3,6-8,10-11H2,1-2H3,(H,19,20). The minimum Gasteiger partial charge on any atom is -0.497 e. The Labute approximate surface area is 124 Å². The molecule has 1 heterocycles. The molecule has 0 aromatic heterocycles. The van der Waals surface area contributed by atoms with Crippen LogP contribution in [0.25, 0.3) is 0 Å². The Morgan fingerprint density at radius 2 is 2.29 bits per heavy atom. The average molecular weight is 295 g/mol. The second-order valence-electron chi connectivity index (χ2n) is 5.75. The van der Waals surface area contributed by atoms with E-state index in [9.17, 15) is 14.3 Å². The number of benzene rings is 1. The van der Waals surface area contributed by atoms with E-state index in [1.165, 1.54) is 13.2 Å². The topological polar surface area (TPSA) is 49.8 Å². The van der Waals surface area contributed by atoms with Gasteiger partial charge in [0.05, 0.1) is 12.5 Å². The van der Waals surface area contributed by atoms with Crippen LogP contribution in [0.3, 0.4) is 0 Å². The second-order valence-corrected chi connectivity index (χ2v) is 5.75. The number of carboxylic acid groups (broad SMARTS) is 1. The molecular formula is C16H22FNO3. The van der Waals surface area contributed by atoms with Crippen LogP contribution in [-0.2, 0) is 11.3 Å². The first-order valence-corrected chi connectivity index (χ1v) is 7.29. The Morgan fingerprint density at radius 3 is 2.86 bits per heavy atom. The van der Waals surface area contributed by atoms with Crippen molar-refractivity contribution in [3.8, 4) is 5.75 Å². The molecule has 5 heteroatoms. The van der Waals surface area contributed by atoms with E-state index in [1.807, 2.05) is 11.8 Å². The maximum Gasteiger partial charge on any atom is 0.310 e. The third kappa shape index (κ3) is 3.35. The molecule has 1 aromatic carbocycles. The number of hydrogen-bond acceptors (Lipinski definition) is 3. The largest absolute Gasteiger partial charge is 0.497 e. The van der Waals surface area contributed by atoms with Crippen LogP contribution in [0.15, 0.2) is 18.2 Å². The van der Waals surface area contributed by atoms with Crippen molar-refractivity contribution in [3.63, 3.8) is 0 Å². The van der Waals surface area contributed by atoms with Gasteiger partial charge in [0.25, 0.3) is 0 Å². The summed E-state index contributed by atoms with van der Waals surface area (Å²) in [5.74, 6) is -0.553. The molecule has 1 fully saturated rings. The van der Waals surface area contributed by atoms with E-state index in [0.29, 0.717) is 43.8 Å². The zero-order valence-corrected chi connectivity index (χ0v) is 12.6. The van der Waals surface area contributed by atoms with Gasteiger partial charge in [0.2, 0.25) is 0 Å². The van der Waals surface area contributed by atoms with Crippen LogP contribution in [0, 0.1) is 11.2 Å². The summed E-state index contributed by atoms with van der Waals surface area (Å²) in [4.78, 5) is 13.6. The highest BCUT2D eigenvalue weighted by atomic mass is 19.1. The van der Waals surface area contributed by atoms with Crippen LogP contribution in [0.1, 0.15) is 31.7 Å². The lowest BCUT2D eigenvalue weighted by Gasteiger charge is -2.24. The van der Waals surface area contributed by atoms with Gasteiger partial charge >= 0.3 is 5.97 Å². The number of hydrogen-bond donors (Lipinski definition) is 1. The number of ether oxygens (including phenoxy) is 1. The molecule has 1 atom stereocenters. The van der Waals surface area contributed by atoms with Gasteiger partial charge in [0.15, 0.2) is 0 Å². The summed E-state index contributed by atoms with van der Waals surface area (Å²) in [6, 6.07) is 4.79. The summed E-state index contributed by atoms with van der Waals surface area (Å²) in [5.41, 5.74) is -0.0916. The predicted molar refractivity (Wildman–Crippen MR) is 77.8 cm³/mol. The molecule has 1 unspecified atom stereocenters. The number of carbonyl (C=O) groups is 1. The van der Waals surface area contributed by atoms with Gasteiger partial charge in [0, 0.05) is 24.7 Å². The number of aliphatic carboxylic acids is 1. The molecule has 0 bridgehead atoms. The molecule has 0 amide bonds. The van der Waals surface area contributed by atoms with Crippen molar-refractivity contribution in [2.75, 3.05) is 20.2 Å². The van der Waals surface area contributed by atoms with Crippen LogP contribution >= 0.6 is 0 Å². The van der Waals surface area contributed by atoms with Gasteiger partial charge in [0.1, 0.15) is 11.6 Å². The van der Waals surface area contributed by atoms with Gasteiger partial charge in [-0.15, -0.1) is 0 Å². The lowest BCUT2D eigenvalue weighted by Crippen LogP contribution is -2.34. The molecule has 116 valence electrons. The van der Waals surface area contributed by atoms with Gasteiger partial charge in [-0.3, -0.25) is 9.69 Å². The third-order valence-electron chi connectivity index (χ3n) is 4.27. The van der Waals surface area contributed by atoms with E-state index in [-0.39, 0.29) is 5.82 Å². The first-order chi connectivity index (χ1) is 10.0. The molecule has 1 aliphatic heterocycles. The Hall–Kier alpha value is -1.62. The Morgan fingerprint density at radius 1 is 1.52 bits per heavy atom. The second kappa shape index (κ2) is 6.43. The number of carboxylic acids is 1. The molecular weight excluding hydrogens is 273 g/mol. The number of halogens is 1. The van der Waals surface area contributed by atoms with Crippen molar-refractivity contribution < 1.29 is 19.0 Å². The molecule has 0 spiro atoms. The van der Waals surface area contributed by atoms with Crippen molar-refractivity contribution in [1.29, 1.82) is 0 Å². The Balaban J connectivity index is 2.07. The molecule has 1 saturated heterocycles. The number of likely N-dealkylation sites (tertiary alicyclic amines) is 1. The molecule has 0 radical (unpaired) electrons. The quantitative estimate of drug-likeness (QED) is 0.876. The first kappa shape index (κ1) is 15.8. The van der Waals surface area contributed by atoms with E-state index in [4.69, 9.17) is 4.74 Å². The lowest BCUT2D eigenvalue weighted by atomic mass is 9.83. The van der Waals surface area contributed by atoms with Crippen molar-refractivity contribution in [3.05, 3.63) is 29.6 Å². The number of methoxy groups -OCH3 is 1. The summed E-state index contributed by atoms with van der Waals surface area (Å²) >= 11 is 0. The SMILES string of the molecule is CCCC1(C(=O)O)CCN(Cc2ccc(OC)cc2F)C1. The number of nitrogens with zero attached hydrogens (tertiary/aromatic N) is 1. The Bertz CT molecular complexity index is 520. The highest BCUT2D eigenvalue weighted by molar-refractivity contribution is 5.75. The van der Waals surface area contributed by atoms with Crippen LogP contribution in [0.4, 0.5) is 4.39 Å². The van der Waals surface area contributed by atoms with Crippen molar-refractivity contribution in [1.82, 2.24) is 4.90 Å². The van der Waals surface area contributed by atoms with Gasteiger partial charge in [-0.25, -0.2) is 4.39 Å². The molecule has 1 aliphatic rings. The molecule has 1 aromatic rings. The van der Waals surface area contributed by atoms with E-state index >= 15 is 0 Å². The highest BCUT2D eigenvalue weighted by Crippen LogP contribution is 2.36. The van der Waals surface area contributed by atoms with E-state index < -0.39 is 11.4 Å². The zero-order valence-electron chi connectivity index (χ0n) is 12.6. The summed E-state index contributed by atoms with van der Waals surface area (Å²) in [7, 11) is 1.50. The van der Waals surface area contributed by atoms with E-state index in [2.05, 4.69) is 0 Å². The zero-order chi connectivity index (χ0) is 15.5. The first-order valence-electron chi connectivity index (χ1n) is 7.29. The maximum absolute atomic E-state index is 14.0.